The first-order valence-corrected chi connectivity index (χ1v) is 4.29. The third kappa shape index (κ3) is 18.4. The molecule has 1 rings (SSSR count). The molecule has 0 saturated carbocycles. The molecule has 0 atom stereocenters. The molecule has 1 aromatic rings. The molecule has 0 unspecified atom stereocenters. The van der Waals surface area contributed by atoms with Crippen LogP contribution in [0.25, 0.3) is 0 Å². The zero-order valence-electron chi connectivity index (χ0n) is 6.44. The monoisotopic (exact) mass is 247 g/mol. The fourth-order valence-electron chi connectivity index (χ4n) is 0.453. The Morgan fingerprint density at radius 2 is 1.38 bits per heavy atom. The molecule has 0 spiro atoms. The molecule has 0 aliphatic rings. The van der Waals surface area contributed by atoms with E-state index >= 15 is 0 Å². The van der Waals surface area contributed by atoms with E-state index in [2.05, 4.69) is 0 Å². The van der Waals surface area contributed by atoms with Crippen LogP contribution in [0.5, 0.6) is 0 Å². The molecule has 0 bridgehead atoms. The molecule has 0 aliphatic heterocycles. The number of benzene rings is 1. The number of anilines is 1. The van der Waals surface area contributed by atoms with Crippen molar-refractivity contribution in [1.82, 2.24) is 0 Å². The standard InChI is InChI=1S/C6H7N.Fe.H2O4S/c7-6-4-2-1-3-5-6;;1-5(2,3)4/h1-5H,7H2;;(H2,1,2,3,4). The van der Waals surface area contributed by atoms with Crippen LogP contribution in [-0.4, -0.2) is 17.5 Å². The summed E-state index contributed by atoms with van der Waals surface area (Å²) >= 11 is 0. The first-order chi connectivity index (χ1) is 5.39. The van der Waals surface area contributed by atoms with E-state index in [0.29, 0.717) is 0 Å². The van der Waals surface area contributed by atoms with Crippen LogP contribution in [0.1, 0.15) is 0 Å². The van der Waals surface area contributed by atoms with Crippen molar-refractivity contribution in [2.75, 3.05) is 5.73 Å². The van der Waals surface area contributed by atoms with Gasteiger partial charge in [-0.1, -0.05) is 18.2 Å². The number of hydrogen-bond acceptors (Lipinski definition) is 3. The van der Waals surface area contributed by atoms with Crippen molar-refractivity contribution in [3.63, 3.8) is 0 Å². The third-order valence-corrected chi connectivity index (χ3v) is 0.800. The molecular formula is C6H9FeNO4S. The van der Waals surface area contributed by atoms with E-state index in [0.717, 1.165) is 5.69 Å². The molecule has 0 aliphatic carbocycles. The number of para-hydroxylation sites is 1. The van der Waals surface area contributed by atoms with Crippen LogP contribution in [-0.2, 0) is 27.5 Å². The Bertz CT molecular complexity index is 305. The molecule has 76 valence electrons. The number of rotatable bonds is 0. The zero-order chi connectivity index (χ0) is 9.61. The Hall–Kier alpha value is -0.591. The van der Waals surface area contributed by atoms with Crippen molar-refractivity contribution in [3.8, 4) is 0 Å². The Morgan fingerprint density at radius 1 is 1.08 bits per heavy atom. The first kappa shape index (κ1) is 14.9. The largest absolute Gasteiger partial charge is 0.399 e. The van der Waals surface area contributed by atoms with Gasteiger partial charge in [-0.25, -0.2) is 0 Å². The normalized spacial score (nSPS) is 9.08. The topological polar surface area (TPSA) is 101 Å². The van der Waals surface area contributed by atoms with E-state index in [9.17, 15) is 0 Å². The van der Waals surface area contributed by atoms with Crippen LogP contribution in [0.3, 0.4) is 0 Å². The van der Waals surface area contributed by atoms with E-state index in [4.69, 9.17) is 23.3 Å². The summed E-state index contributed by atoms with van der Waals surface area (Å²) < 4.78 is 31.6. The average Bonchev–Trinajstić information content (AvgIpc) is 1.85. The van der Waals surface area contributed by atoms with Crippen LogP contribution in [0.4, 0.5) is 5.69 Å². The average molecular weight is 247 g/mol. The molecule has 7 heteroatoms. The van der Waals surface area contributed by atoms with Gasteiger partial charge in [0.1, 0.15) is 0 Å². The second-order valence-electron chi connectivity index (χ2n) is 1.86. The Labute approximate surface area is 87.0 Å². The smallest absolute Gasteiger partial charge is 0.394 e. The molecule has 0 amide bonds. The third-order valence-electron chi connectivity index (χ3n) is 0.800. The molecule has 0 heterocycles. The van der Waals surface area contributed by atoms with Crippen molar-refractivity contribution in [1.29, 1.82) is 0 Å². The van der Waals surface area contributed by atoms with Gasteiger partial charge in [0, 0.05) is 22.8 Å². The molecule has 0 saturated heterocycles. The summed E-state index contributed by atoms with van der Waals surface area (Å²) in [5.41, 5.74) is 6.18. The fraction of sp³-hybridized carbons (Fsp3) is 0. The maximum absolute atomic E-state index is 8.74. The van der Waals surface area contributed by atoms with E-state index in [1.54, 1.807) is 0 Å². The second kappa shape index (κ2) is 6.88. The van der Waals surface area contributed by atoms with Gasteiger partial charge in [0.15, 0.2) is 0 Å². The predicted octanol–water partition coefficient (Wildman–Crippen LogP) is 0.613. The second-order valence-corrected chi connectivity index (χ2v) is 2.75. The summed E-state index contributed by atoms with van der Waals surface area (Å²) in [4.78, 5) is 0. The van der Waals surface area contributed by atoms with Crippen LogP contribution in [0, 0.1) is 0 Å². The summed E-state index contributed by atoms with van der Waals surface area (Å²) in [7, 11) is -4.67. The zero-order valence-corrected chi connectivity index (χ0v) is 8.36. The van der Waals surface area contributed by atoms with Crippen LogP contribution in [0.2, 0.25) is 0 Å². The van der Waals surface area contributed by atoms with Gasteiger partial charge in [-0.05, 0) is 12.1 Å². The molecule has 5 nitrogen and oxygen atoms in total. The molecule has 13 heavy (non-hydrogen) atoms. The SMILES string of the molecule is Nc1ccccc1.O=S(=O)(O)O.[Fe]. The van der Waals surface area contributed by atoms with Gasteiger partial charge >= 0.3 is 10.4 Å². The van der Waals surface area contributed by atoms with Crippen molar-refractivity contribution >= 4 is 16.1 Å². The fourth-order valence-corrected chi connectivity index (χ4v) is 0.453. The van der Waals surface area contributed by atoms with Crippen molar-refractivity contribution < 1.29 is 34.6 Å². The van der Waals surface area contributed by atoms with Crippen LogP contribution in [0.15, 0.2) is 30.3 Å². The van der Waals surface area contributed by atoms with Crippen molar-refractivity contribution in [2.24, 2.45) is 0 Å². The van der Waals surface area contributed by atoms with E-state index in [1.165, 1.54) is 0 Å². The van der Waals surface area contributed by atoms with Crippen LogP contribution >= 0.6 is 0 Å². The summed E-state index contributed by atoms with van der Waals surface area (Å²) in [6.07, 6.45) is 0. The van der Waals surface area contributed by atoms with Gasteiger partial charge in [-0.3, -0.25) is 9.11 Å². The van der Waals surface area contributed by atoms with Crippen molar-refractivity contribution in [2.45, 2.75) is 0 Å². The van der Waals surface area contributed by atoms with Gasteiger partial charge in [0.25, 0.3) is 0 Å². The summed E-state index contributed by atoms with van der Waals surface area (Å²) in [5, 5.41) is 0. The Kier molecular flexibility index (Phi) is 7.88. The molecular weight excluding hydrogens is 238 g/mol. The van der Waals surface area contributed by atoms with Crippen LogP contribution < -0.4 is 5.73 Å². The van der Waals surface area contributed by atoms with Gasteiger partial charge in [0.2, 0.25) is 0 Å². The van der Waals surface area contributed by atoms with Crippen molar-refractivity contribution in [3.05, 3.63) is 30.3 Å². The minimum Gasteiger partial charge on any atom is -0.399 e. The minimum absolute atomic E-state index is 0. The Morgan fingerprint density at radius 3 is 1.54 bits per heavy atom. The predicted molar refractivity (Wildman–Crippen MR) is 45.0 cm³/mol. The van der Waals surface area contributed by atoms with Gasteiger partial charge in [-0.15, -0.1) is 0 Å². The minimum atomic E-state index is -4.67. The van der Waals surface area contributed by atoms with Gasteiger partial charge in [0.05, 0.1) is 0 Å². The molecule has 0 fully saturated rings. The Balaban J connectivity index is 0. The van der Waals surface area contributed by atoms with Gasteiger partial charge in [-0.2, -0.15) is 8.42 Å². The molecule has 0 aromatic heterocycles. The van der Waals surface area contributed by atoms with E-state index in [-0.39, 0.29) is 17.1 Å². The molecule has 4 N–H and O–H groups in total. The summed E-state index contributed by atoms with van der Waals surface area (Å²) in [6, 6.07) is 9.49. The quantitative estimate of drug-likeness (QED) is 0.354. The maximum atomic E-state index is 8.74. The molecule has 1 aromatic carbocycles. The number of nitrogens with two attached hydrogens (primary N) is 1. The molecule has 0 radical (unpaired) electrons. The van der Waals surface area contributed by atoms with E-state index < -0.39 is 10.4 Å². The van der Waals surface area contributed by atoms with Gasteiger partial charge < -0.3 is 5.73 Å². The summed E-state index contributed by atoms with van der Waals surface area (Å²) in [5.74, 6) is 0. The number of nitrogen functional groups attached to an aromatic ring is 1. The first-order valence-electron chi connectivity index (χ1n) is 2.90. The maximum Gasteiger partial charge on any atom is 0.394 e. The summed E-state index contributed by atoms with van der Waals surface area (Å²) in [6.45, 7) is 0. The van der Waals surface area contributed by atoms with E-state index in [1.807, 2.05) is 30.3 Å². The number of hydrogen-bond donors (Lipinski definition) is 3.